The summed E-state index contributed by atoms with van der Waals surface area (Å²) in [5.41, 5.74) is 2.31. The van der Waals surface area contributed by atoms with Gasteiger partial charge in [0, 0.05) is 24.5 Å². The first-order valence-corrected chi connectivity index (χ1v) is 11.1. The molecule has 1 atom stereocenters. The summed E-state index contributed by atoms with van der Waals surface area (Å²) in [7, 11) is 0. The van der Waals surface area contributed by atoms with Gasteiger partial charge < -0.3 is 19.9 Å². The summed E-state index contributed by atoms with van der Waals surface area (Å²) in [5.74, 6) is 0.698. The molecule has 0 radical (unpaired) electrons. The maximum Gasteiger partial charge on any atom is 0.318 e. The van der Waals surface area contributed by atoms with Gasteiger partial charge in [-0.25, -0.2) is 4.79 Å². The standard InChI is InChI=1S/C23H29N3O3S/c1-4-12-25(23(28)24-5-2)15-22(27)26-13-10-21-19(11-14-30-21)20(26)16-29-18-8-6-17(3)7-9-18/h4,6-9,11,14,20H,1,5,10,12-13,15-16H2,2-3H3,(H,24,28)/t20-/m0/s1. The number of carbonyl (C=O) groups is 2. The fourth-order valence-corrected chi connectivity index (χ4v) is 4.50. The Morgan fingerprint density at radius 1 is 1.33 bits per heavy atom. The predicted molar refractivity (Wildman–Crippen MR) is 120 cm³/mol. The summed E-state index contributed by atoms with van der Waals surface area (Å²) < 4.78 is 6.05. The third kappa shape index (κ3) is 5.21. The monoisotopic (exact) mass is 427 g/mol. The number of aryl methyl sites for hydroxylation is 1. The number of hydrogen-bond acceptors (Lipinski definition) is 4. The molecule has 2 aromatic rings. The number of amides is 3. The van der Waals surface area contributed by atoms with E-state index in [4.69, 9.17) is 4.74 Å². The number of ether oxygens (including phenoxy) is 1. The van der Waals surface area contributed by atoms with E-state index in [2.05, 4.69) is 23.3 Å². The highest BCUT2D eigenvalue weighted by atomic mass is 32.1. The van der Waals surface area contributed by atoms with E-state index in [1.165, 1.54) is 15.3 Å². The number of thiophene rings is 1. The van der Waals surface area contributed by atoms with Gasteiger partial charge in [-0.05, 0) is 49.4 Å². The van der Waals surface area contributed by atoms with Crippen molar-refractivity contribution in [3.8, 4) is 5.75 Å². The Morgan fingerprint density at radius 2 is 2.10 bits per heavy atom. The lowest BCUT2D eigenvalue weighted by molar-refractivity contribution is -0.135. The lowest BCUT2D eigenvalue weighted by Crippen LogP contribution is -2.49. The molecule has 30 heavy (non-hydrogen) atoms. The van der Waals surface area contributed by atoms with Gasteiger partial charge in [0.15, 0.2) is 0 Å². The van der Waals surface area contributed by atoms with Gasteiger partial charge in [0.2, 0.25) is 5.91 Å². The van der Waals surface area contributed by atoms with Crippen molar-refractivity contribution < 1.29 is 14.3 Å². The molecule has 7 heteroatoms. The van der Waals surface area contributed by atoms with Crippen LogP contribution >= 0.6 is 11.3 Å². The highest BCUT2D eigenvalue weighted by Crippen LogP contribution is 2.34. The quantitative estimate of drug-likeness (QED) is 0.652. The molecule has 1 aliphatic rings. The van der Waals surface area contributed by atoms with Crippen LogP contribution in [0.2, 0.25) is 0 Å². The van der Waals surface area contributed by atoms with E-state index >= 15 is 0 Å². The number of carbonyl (C=O) groups excluding carboxylic acids is 2. The van der Waals surface area contributed by atoms with Crippen LogP contribution in [0.3, 0.4) is 0 Å². The molecule has 1 N–H and O–H groups in total. The zero-order valence-electron chi connectivity index (χ0n) is 17.6. The molecular weight excluding hydrogens is 398 g/mol. The molecule has 160 valence electrons. The van der Waals surface area contributed by atoms with Gasteiger partial charge in [-0.15, -0.1) is 17.9 Å². The van der Waals surface area contributed by atoms with Crippen LogP contribution < -0.4 is 10.1 Å². The molecule has 0 aliphatic carbocycles. The smallest absolute Gasteiger partial charge is 0.318 e. The molecule has 0 bridgehead atoms. The van der Waals surface area contributed by atoms with Gasteiger partial charge in [-0.2, -0.15) is 0 Å². The summed E-state index contributed by atoms with van der Waals surface area (Å²) in [5, 5.41) is 4.82. The third-order valence-corrected chi connectivity index (χ3v) is 6.13. The summed E-state index contributed by atoms with van der Waals surface area (Å²) in [4.78, 5) is 30.1. The fraction of sp³-hybridized carbons (Fsp3) is 0.391. The maximum atomic E-state index is 13.2. The molecule has 0 spiro atoms. The van der Waals surface area contributed by atoms with E-state index in [0.717, 1.165) is 17.7 Å². The van der Waals surface area contributed by atoms with E-state index in [-0.39, 0.29) is 24.5 Å². The zero-order chi connectivity index (χ0) is 21.5. The molecule has 3 amide bonds. The summed E-state index contributed by atoms with van der Waals surface area (Å²) in [6, 6.07) is 9.55. The molecule has 1 aliphatic heterocycles. The normalized spacial score (nSPS) is 15.3. The molecular formula is C23H29N3O3S. The second-order valence-corrected chi connectivity index (χ2v) is 8.28. The number of rotatable bonds is 8. The van der Waals surface area contributed by atoms with Crippen molar-refractivity contribution in [2.45, 2.75) is 26.3 Å². The van der Waals surface area contributed by atoms with Crippen LogP contribution in [-0.4, -0.2) is 54.5 Å². The fourth-order valence-electron chi connectivity index (χ4n) is 3.58. The van der Waals surface area contributed by atoms with Crippen molar-refractivity contribution in [3.63, 3.8) is 0 Å². The molecule has 0 saturated heterocycles. The lowest BCUT2D eigenvalue weighted by atomic mass is 10.0. The highest BCUT2D eigenvalue weighted by Gasteiger charge is 2.33. The predicted octanol–water partition coefficient (Wildman–Crippen LogP) is 3.78. The average molecular weight is 428 g/mol. The second-order valence-electron chi connectivity index (χ2n) is 7.28. The lowest BCUT2D eigenvalue weighted by Gasteiger charge is -2.37. The minimum absolute atomic E-state index is 0.0123. The topological polar surface area (TPSA) is 61.9 Å². The van der Waals surface area contributed by atoms with Crippen LogP contribution in [0.15, 0.2) is 48.4 Å². The maximum absolute atomic E-state index is 13.2. The Morgan fingerprint density at radius 3 is 2.80 bits per heavy atom. The van der Waals surface area contributed by atoms with E-state index < -0.39 is 0 Å². The van der Waals surface area contributed by atoms with E-state index in [1.807, 2.05) is 43.0 Å². The number of hydrogen-bond donors (Lipinski definition) is 1. The van der Waals surface area contributed by atoms with Crippen molar-refractivity contribution in [2.24, 2.45) is 0 Å². The largest absolute Gasteiger partial charge is 0.491 e. The van der Waals surface area contributed by atoms with Crippen LogP contribution in [-0.2, 0) is 11.2 Å². The second kappa shape index (κ2) is 10.3. The van der Waals surface area contributed by atoms with Gasteiger partial charge in [0.05, 0.1) is 6.04 Å². The third-order valence-electron chi connectivity index (χ3n) is 5.13. The van der Waals surface area contributed by atoms with E-state index in [1.54, 1.807) is 17.4 Å². The van der Waals surface area contributed by atoms with E-state index in [0.29, 0.717) is 26.2 Å². The molecule has 1 aromatic carbocycles. The first-order chi connectivity index (χ1) is 14.5. The van der Waals surface area contributed by atoms with Gasteiger partial charge >= 0.3 is 6.03 Å². The number of urea groups is 1. The molecule has 0 fully saturated rings. The molecule has 0 unspecified atom stereocenters. The van der Waals surface area contributed by atoms with Crippen molar-refractivity contribution in [1.29, 1.82) is 0 Å². The molecule has 1 aromatic heterocycles. The summed E-state index contributed by atoms with van der Waals surface area (Å²) in [6.07, 6.45) is 2.45. The summed E-state index contributed by atoms with van der Waals surface area (Å²) in [6.45, 7) is 9.43. The van der Waals surface area contributed by atoms with Gasteiger partial charge in [0.25, 0.3) is 0 Å². The van der Waals surface area contributed by atoms with Crippen molar-refractivity contribution in [2.75, 3.05) is 32.8 Å². The van der Waals surface area contributed by atoms with Crippen molar-refractivity contribution in [1.82, 2.24) is 15.1 Å². The molecule has 2 heterocycles. The molecule has 3 rings (SSSR count). The van der Waals surface area contributed by atoms with Crippen LogP contribution in [0.1, 0.15) is 29.0 Å². The van der Waals surface area contributed by atoms with Gasteiger partial charge in [-0.3, -0.25) is 4.79 Å². The number of benzene rings is 1. The van der Waals surface area contributed by atoms with Gasteiger partial charge in [0.1, 0.15) is 18.9 Å². The Balaban J connectivity index is 1.75. The number of nitrogens with one attached hydrogen (secondary N) is 1. The Labute approximate surface area is 182 Å². The molecule has 6 nitrogen and oxygen atoms in total. The van der Waals surface area contributed by atoms with Crippen LogP contribution in [0.4, 0.5) is 4.79 Å². The highest BCUT2D eigenvalue weighted by molar-refractivity contribution is 7.10. The summed E-state index contributed by atoms with van der Waals surface area (Å²) >= 11 is 1.72. The average Bonchev–Trinajstić information content (AvgIpc) is 3.22. The first-order valence-electron chi connectivity index (χ1n) is 10.2. The molecule has 0 saturated carbocycles. The van der Waals surface area contributed by atoms with Crippen molar-refractivity contribution in [3.05, 3.63) is 64.4 Å². The number of nitrogens with zero attached hydrogens (tertiary/aromatic N) is 2. The van der Waals surface area contributed by atoms with Crippen LogP contribution in [0.5, 0.6) is 5.75 Å². The van der Waals surface area contributed by atoms with Crippen LogP contribution in [0.25, 0.3) is 0 Å². The Bertz CT molecular complexity index is 878. The Hall–Kier alpha value is -2.80. The SMILES string of the molecule is C=CCN(CC(=O)N1CCc2sccc2[C@@H]1COc1ccc(C)cc1)C(=O)NCC. The first kappa shape index (κ1) is 21.9. The van der Waals surface area contributed by atoms with Crippen LogP contribution in [0, 0.1) is 6.92 Å². The minimum Gasteiger partial charge on any atom is -0.491 e. The van der Waals surface area contributed by atoms with Crippen molar-refractivity contribution >= 4 is 23.3 Å². The Kier molecular flexibility index (Phi) is 7.52. The van der Waals surface area contributed by atoms with Gasteiger partial charge in [-0.1, -0.05) is 23.8 Å². The zero-order valence-corrected chi connectivity index (χ0v) is 18.4. The minimum atomic E-state index is -0.258. The number of fused-ring (bicyclic) bond motifs is 1. The van der Waals surface area contributed by atoms with E-state index in [9.17, 15) is 9.59 Å².